The van der Waals surface area contributed by atoms with E-state index in [0.717, 1.165) is 17.3 Å². The van der Waals surface area contributed by atoms with Crippen molar-refractivity contribution in [3.05, 3.63) is 46.4 Å². The van der Waals surface area contributed by atoms with Crippen LogP contribution in [0.25, 0.3) is 10.8 Å². The van der Waals surface area contributed by atoms with E-state index in [4.69, 9.17) is 5.11 Å². The molecule has 0 aliphatic heterocycles. The number of aliphatic hydroxyl groups is 1. The van der Waals surface area contributed by atoms with Crippen molar-refractivity contribution in [2.45, 2.75) is 44.9 Å². The third kappa shape index (κ3) is 4.07. The van der Waals surface area contributed by atoms with E-state index in [1.807, 2.05) is 0 Å². The van der Waals surface area contributed by atoms with Gasteiger partial charge >= 0.3 is 0 Å². The van der Waals surface area contributed by atoms with E-state index in [1.165, 1.54) is 35.6 Å². The Balaban J connectivity index is 2.11. The second kappa shape index (κ2) is 7.80. The summed E-state index contributed by atoms with van der Waals surface area (Å²) >= 11 is 3.52. The molecule has 0 saturated carbocycles. The summed E-state index contributed by atoms with van der Waals surface area (Å²) in [7, 11) is 0. The minimum atomic E-state index is 0.321. The maximum absolute atomic E-state index is 8.84. The fourth-order valence-corrected chi connectivity index (χ4v) is 3.15. The van der Waals surface area contributed by atoms with Gasteiger partial charge in [0.2, 0.25) is 0 Å². The standard InChI is InChI=1S/C18H23BrO/c1-2-14(6-4-3-5-11-20)15-7-8-17-13-18(19)10-9-16(17)12-15/h7-10,12-14,20H,2-6,11H2,1H3. The van der Waals surface area contributed by atoms with Crippen LogP contribution < -0.4 is 0 Å². The smallest absolute Gasteiger partial charge is 0.0431 e. The molecule has 0 spiro atoms. The first kappa shape index (κ1) is 15.5. The Kier molecular flexibility index (Phi) is 6.06. The molecule has 2 heteroatoms. The van der Waals surface area contributed by atoms with E-state index in [0.29, 0.717) is 12.5 Å². The Labute approximate surface area is 130 Å². The summed E-state index contributed by atoms with van der Waals surface area (Å²) in [6.07, 6.45) is 5.67. The van der Waals surface area contributed by atoms with Crippen LogP contribution in [0.3, 0.4) is 0 Å². The zero-order valence-electron chi connectivity index (χ0n) is 12.1. The molecule has 0 aliphatic rings. The molecule has 0 amide bonds. The Morgan fingerprint density at radius 1 is 1.00 bits per heavy atom. The third-order valence-electron chi connectivity index (χ3n) is 4.00. The average Bonchev–Trinajstić information content (AvgIpc) is 2.47. The van der Waals surface area contributed by atoms with Gasteiger partial charge in [0, 0.05) is 11.1 Å². The molecule has 0 saturated heterocycles. The zero-order chi connectivity index (χ0) is 14.4. The van der Waals surface area contributed by atoms with Crippen LogP contribution in [0.5, 0.6) is 0 Å². The molecule has 1 atom stereocenters. The van der Waals surface area contributed by atoms with Crippen LogP contribution >= 0.6 is 15.9 Å². The lowest BCUT2D eigenvalue weighted by Crippen LogP contribution is -1.98. The van der Waals surface area contributed by atoms with Crippen LogP contribution in [0.15, 0.2) is 40.9 Å². The second-order valence-corrected chi connectivity index (χ2v) is 6.34. The Hall–Kier alpha value is -0.860. The minimum absolute atomic E-state index is 0.321. The quantitative estimate of drug-likeness (QED) is 0.648. The van der Waals surface area contributed by atoms with Crippen LogP contribution in [-0.4, -0.2) is 11.7 Å². The van der Waals surface area contributed by atoms with Crippen LogP contribution in [-0.2, 0) is 0 Å². The topological polar surface area (TPSA) is 20.2 Å². The molecule has 0 bridgehead atoms. The molecular formula is C18H23BrO. The van der Waals surface area contributed by atoms with Crippen molar-refractivity contribution >= 4 is 26.7 Å². The second-order valence-electron chi connectivity index (χ2n) is 5.43. The van der Waals surface area contributed by atoms with Crippen molar-refractivity contribution in [3.63, 3.8) is 0 Å². The molecule has 0 radical (unpaired) electrons. The van der Waals surface area contributed by atoms with Crippen molar-refractivity contribution in [3.8, 4) is 0 Å². The van der Waals surface area contributed by atoms with Gasteiger partial charge in [-0.1, -0.05) is 60.0 Å². The number of aliphatic hydroxyl groups excluding tert-OH is 1. The first-order valence-corrected chi connectivity index (χ1v) is 8.34. The highest BCUT2D eigenvalue weighted by molar-refractivity contribution is 9.10. The van der Waals surface area contributed by atoms with Gasteiger partial charge < -0.3 is 5.11 Å². The summed E-state index contributed by atoms with van der Waals surface area (Å²) in [5.74, 6) is 0.640. The molecule has 0 heterocycles. The van der Waals surface area contributed by atoms with Crippen molar-refractivity contribution in [2.75, 3.05) is 6.61 Å². The van der Waals surface area contributed by atoms with Crippen molar-refractivity contribution < 1.29 is 5.11 Å². The number of fused-ring (bicyclic) bond motifs is 1. The fourth-order valence-electron chi connectivity index (χ4n) is 2.77. The Morgan fingerprint density at radius 2 is 1.75 bits per heavy atom. The molecule has 20 heavy (non-hydrogen) atoms. The molecule has 0 aliphatic carbocycles. The number of benzene rings is 2. The molecule has 1 nitrogen and oxygen atoms in total. The van der Waals surface area contributed by atoms with Crippen molar-refractivity contribution in [1.29, 1.82) is 0 Å². The highest BCUT2D eigenvalue weighted by Crippen LogP contribution is 2.29. The predicted molar refractivity (Wildman–Crippen MR) is 90.2 cm³/mol. The number of hydrogen-bond donors (Lipinski definition) is 1. The molecule has 108 valence electrons. The van der Waals surface area contributed by atoms with Gasteiger partial charge in [-0.15, -0.1) is 0 Å². The molecule has 1 unspecified atom stereocenters. The lowest BCUT2D eigenvalue weighted by molar-refractivity contribution is 0.281. The summed E-state index contributed by atoms with van der Waals surface area (Å²) in [6, 6.07) is 13.3. The number of rotatable bonds is 7. The SMILES string of the molecule is CCC(CCCCCO)c1ccc2cc(Br)ccc2c1. The van der Waals surface area contributed by atoms with E-state index in [2.05, 4.69) is 59.3 Å². The van der Waals surface area contributed by atoms with Gasteiger partial charge in [0.25, 0.3) is 0 Å². The summed E-state index contributed by atoms with van der Waals surface area (Å²) in [4.78, 5) is 0. The monoisotopic (exact) mass is 334 g/mol. The Morgan fingerprint density at radius 3 is 2.50 bits per heavy atom. The van der Waals surface area contributed by atoms with E-state index in [1.54, 1.807) is 0 Å². The largest absolute Gasteiger partial charge is 0.396 e. The molecule has 2 aromatic rings. The maximum atomic E-state index is 8.84. The van der Waals surface area contributed by atoms with Crippen LogP contribution in [0.4, 0.5) is 0 Å². The first-order chi connectivity index (χ1) is 9.74. The fraction of sp³-hybridized carbons (Fsp3) is 0.444. The number of hydrogen-bond acceptors (Lipinski definition) is 1. The van der Waals surface area contributed by atoms with Gasteiger partial charge in [-0.25, -0.2) is 0 Å². The number of halogens is 1. The third-order valence-corrected chi connectivity index (χ3v) is 4.49. The molecule has 2 aromatic carbocycles. The molecular weight excluding hydrogens is 312 g/mol. The normalized spacial score (nSPS) is 12.8. The average molecular weight is 335 g/mol. The van der Waals surface area contributed by atoms with Crippen LogP contribution in [0.1, 0.15) is 50.5 Å². The molecule has 0 aromatic heterocycles. The first-order valence-electron chi connectivity index (χ1n) is 7.54. The predicted octanol–water partition coefficient (Wildman–Crippen LogP) is 5.65. The van der Waals surface area contributed by atoms with Gasteiger partial charge in [0.15, 0.2) is 0 Å². The molecule has 2 rings (SSSR count). The van der Waals surface area contributed by atoms with Gasteiger partial charge in [-0.2, -0.15) is 0 Å². The lowest BCUT2D eigenvalue weighted by atomic mass is 9.89. The van der Waals surface area contributed by atoms with E-state index >= 15 is 0 Å². The summed E-state index contributed by atoms with van der Waals surface area (Å²) in [6.45, 7) is 2.59. The van der Waals surface area contributed by atoms with Crippen LogP contribution in [0, 0.1) is 0 Å². The lowest BCUT2D eigenvalue weighted by Gasteiger charge is -2.16. The Bertz CT molecular complexity index is 550. The minimum Gasteiger partial charge on any atom is -0.396 e. The molecule has 0 fully saturated rings. The maximum Gasteiger partial charge on any atom is 0.0431 e. The van der Waals surface area contributed by atoms with E-state index in [9.17, 15) is 0 Å². The van der Waals surface area contributed by atoms with E-state index in [-0.39, 0.29) is 0 Å². The molecule has 1 N–H and O–H groups in total. The zero-order valence-corrected chi connectivity index (χ0v) is 13.7. The highest BCUT2D eigenvalue weighted by atomic mass is 79.9. The van der Waals surface area contributed by atoms with Gasteiger partial charge in [-0.05, 0) is 53.6 Å². The van der Waals surface area contributed by atoms with Crippen molar-refractivity contribution in [1.82, 2.24) is 0 Å². The highest BCUT2D eigenvalue weighted by Gasteiger charge is 2.09. The number of unbranched alkanes of at least 4 members (excludes halogenated alkanes) is 2. The van der Waals surface area contributed by atoms with Crippen LogP contribution in [0.2, 0.25) is 0 Å². The van der Waals surface area contributed by atoms with E-state index < -0.39 is 0 Å². The van der Waals surface area contributed by atoms with Crippen molar-refractivity contribution in [2.24, 2.45) is 0 Å². The van der Waals surface area contributed by atoms with Gasteiger partial charge in [-0.3, -0.25) is 0 Å². The summed E-state index contributed by atoms with van der Waals surface area (Å²) in [5, 5.41) is 11.5. The summed E-state index contributed by atoms with van der Waals surface area (Å²) in [5.41, 5.74) is 1.45. The van der Waals surface area contributed by atoms with Gasteiger partial charge in [0.1, 0.15) is 0 Å². The van der Waals surface area contributed by atoms with Gasteiger partial charge in [0.05, 0.1) is 0 Å². The summed E-state index contributed by atoms with van der Waals surface area (Å²) < 4.78 is 1.13.